The van der Waals surface area contributed by atoms with Crippen LogP contribution in [0.3, 0.4) is 0 Å². The lowest BCUT2D eigenvalue weighted by Crippen LogP contribution is -2.48. The molecular formula is C23H31FN4O3S. The van der Waals surface area contributed by atoms with Crippen LogP contribution in [0.25, 0.3) is 5.57 Å². The molecule has 32 heavy (non-hydrogen) atoms. The van der Waals surface area contributed by atoms with Gasteiger partial charge < -0.3 is 9.84 Å². The van der Waals surface area contributed by atoms with Crippen LogP contribution in [0.1, 0.15) is 66.4 Å². The third kappa shape index (κ3) is 5.95. The average molecular weight is 463 g/mol. The third-order valence-electron chi connectivity index (χ3n) is 5.37. The quantitative estimate of drug-likeness (QED) is 0.670. The first-order valence-corrected chi connectivity index (χ1v) is 11.5. The third-order valence-corrected chi connectivity index (χ3v) is 6.81. The summed E-state index contributed by atoms with van der Waals surface area (Å²) in [6.45, 7) is 10.8. The number of alkyl carbamates (subject to hydrolysis) is 1. The van der Waals surface area contributed by atoms with Gasteiger partial charge in [0.2, 0.25) is 0 Å². The molecular weight excluding hydrogens is 431 g/mol. The van der Waals surface area contributed by atoms with E-state index in [1.54, 1.807) is 47.0 Å². The lowest BCUT2D eigenvalue weighted by atomic mass is 9.78. The van der Waals surface area contributed by atoms with Gasteiger partial charge in [-0.2, -0.15) is 0 Å². The number of amides is 1. The number of amidine groups is 1. The molecule has 0 saturated heterocycles. The Labute approximate surface area is 192 Å². The summed E-state index contributed by atoms with van der Waals surface area (Å²) >= 11 is 1.31. The maximum atomic E-state index is 14.7. The Hall–Kier alpha value is -2.26. The highest BCUT2D eigenvalue weighted by Gasteiger charge is 2.43. The van der Waals surface area contributed by atoms with E-state index in [-0.39, 0.29) is 17.5 Å². The topological polar surface area (TPSA) is 96.7 Å². The summed E-state index contributed by atoms with van der Waals surface area (Å²) in [5.74, 6) is -0.215. The van der Waals surface area contributed by atoms with E-state index in [4.69, 9.17) is 9.73 Å². The van der Waals surface area contributed by atoms with Gasteiger partial charge in [0.1, 0.15) is 17.8 Å². The number of nitrogens with one attached hydrogen (secondary N) is 1. The molecule has 0 saturated carbocycles. The minimum absolute atomic E-state index is 0.215. The van der Waals surface area contributed by atoms with Crippen LogP contribution in [0.4, 0.5) is 9.18 Å². The van der Waals surface area contributed by atoms with Gasteiger partial charge in [-0.05, 0) is 60.0 Å². The van der Waals surface area contributed by atoms with Crippen molar-refractivity contribution < 1.29 is 19.0 Å². The Balaban J connectivity index is 1.97. The van der Waals surface area contributed by atoms with Crippen molar-refractivity contribution in [3.05, 3.63) is 41.8 Å². The minimum Gasteiger partial charge on any atom is -0.444 e. The van der Waals surface area contributed by atoms with E-state index in [2.05, 4.69) is 15.3 Å². The van der Waals surface area contributed by atoms with E-state index in [0.29, 0.717) is 29.1 Å². The summed E-state index contributed by atoms with van der Waals surface area (Å²) in [6, 6.07) is 0. The fourth-order valence-corrected chi connectivity index (χ4v) is 5.05. The van der Waals surface area contributed by atoms with Crippen molar-refractivity contribution in [2.24, 2.45) is 4.99 Å². The Morgan fingerprint density at radius 3 is 2.50 bits per heavy atom. The zero-order valence-electron chi connectivity index (χ0n) is 19.4. The minimum atomic E-state index is -1.02. The maximum absolute atomic E-state index is 14.7. The molecule has 0 spiro atoms. The number of nitrogens with zero attached hydrogens (tertiary/aromatic N) is 3. The molecule has 0 bridgehead atoms. The first kappa shape index (κ1) is 24.4. The van der Waals surface area contributed by atoms with E-state index in [1.807, 2.05) is 13.0 Å². The highest BCUT2D eigenvalue weighted by atomic mass is 32.2. The van der Waals surface area contributed by atoms with Crippen molar-refractivity contribution in [1.82, 2.24) is 15.3 Å². The van der Waals surface area contributed by atoms with Crippen LogP contribution < -0.4 is 5.32 Å². The Bertz CT molecular complexity index is 964. The van der Waals surface area contributed by atoms with E-state index >= 15 is 0 Å². The molecule has 1 aromatic heterocycles. The summed E-state index contributed by atoms with van der Waals surface area (Å²) < 4.78 is 20.1. The molecule has 1 amide bonds. The second kappa shape index (κ2) is 8.94. The van der Waals surface area contributed by atoms with Gasteiger partial charge >= 0.3 is 6.09 Å². The summed E-state index contributed by atoms with van der Waals surface area (Å²) in [5, 5.41) is 13.6. The molecule has 2 N–H and O–H groups in total. The van der Waals surface area contributed by atoms with E-state index in [0.717, 1.165) is 5.57 Å². The SMILES string of the molecule is CC(C)(C)OC(=O)NC1=N[C@](C)(C2=CC(c3cncnc3)=C(F)CC2)CC(C(C)(C)O)S1. The zero-order valence-corrected chi connectivity index (χ0v) is 20.2. The van der Waals surface area contributed by atoms with Gasteiger partial charge in [0.15, 0.2) is 5.17 Å². The molecule has 1 aliphatic heterocycles. The van der Waals surface area contributed by atoms with Crippen molar-refractivity contribution in [3.8, 4) is 0 Å². The highest BCUT2D eigenvalue weighted by molar-refractivity contribution is 8.14. The van der Waals surface area contributed by atoms with Crippen molar-refractivity contribution >= 4 is 28.6 Å². The van der Waals surface area contributed by atoms with Gasteiger partial charge in [-0.15, -0.1) is 0 Å². The van der Waals surface area contributed by atoms with Crippen LogP contribution in [-0.4, -0.2) is 48.3 Å². The number of hydrogen-bond donors (Lipinski definition) is 2. The number of carbonyl (C=O) groups excluding carboxylic acids is 1. The summed E-state index contributed by atoms with van der Waals surface area (Å²) in [5.41, 5.74) is -0.425. The number of ether oxygens (including phenoxy) is 1. The molecule has 1 aliphatic carbocycles. The smallest absolute Gasteiger partial charge is 0.413 e. The number of halogens is 1. The Kier molecular flexibility index (Phi) is 6.81. The summed E-state index contributed by atoms with van der Waals surface area (Å²) in [7, 11) is 0. The van der Waals surface area contributed by atoms with Crippen LogP contribution >= 0.6 is 11.8 Å². The largest absolute Gasteiger partial charge is 0.444 e. The summed E-state index contributed by atoms with van der Waals surface area (Å²) in [6.07, 6.45) is 7.05. The van der Waals surface area contributed by atoms with Crippen molar-refractivity contribution in [2.75, 3.05) is 0 Å². The predicted molar refractivity (Wildman–Crippen MR) is 125 cm³/mol. The number of rotatable bonds is 3. The number of aliphatic hydroxyl groups is 1. The van der Waals surface area contributed by atoms with Crippen LogP contribution in [0, 0.1) is 0 Å². The van der Waals surface area contributed by atoms with Crippen LogP contribution in [-0.2, 0) is 4.74 Å². The molecule has 9 heteroatoms. The van der Waals surface area contributed by atoms with E-state index in [9.17, 15) is 14.3 Å². The van der Waals surface area contributed by atoms with Gasteiger partial charge in [-0.1, -0.05) is 17.8 Å². The fourth-order valence-electron chi connectivity index (χ4n) is 3.69. The first-order chi connectivity index (χ1) is 14.8. The molecule has 2 heterocycles. The molecule has 2 atom stereocenters. The maximum Gasteiger partial charge on any atom is 0.413 e. The van der Waals surface area contributed by atoms with E-state index < -0.39 is 22.8 Å². The lowest BCUT2D eigenvalue weighted by molar-refractivity contribution is 0.0560. The Morgan fingerprint density at radius 1 is 1.25 bits per heavy atom. The van der Waals surface area contributed by atoms with Crippen LogP contribution in [0.2, 0.25) is 0 Å². The van der Waals surface area contributed by atoms with Crippen molar-refractivity contribution in [1.29, 1.82) is 0 Å². The van der Waals surface area contributed by atoms with Crippen molar-refractivity contribution in [3.63, 3.8) is 0 Å². The molecule has 174 valence electrons. The molecule has 0 fully saturated rings. The second-order valence-electron chi connectivity index (χ2n) is 9.90. The highest BCUT2D eigenvalue weighted by Crippen LogP contribution is 2.45. The predicted octanol–water partition coefficient (Wildman–Crippen LogP) is 4.79. The monoisotopic (exact) mass is 462 g/mol. The number of thioether (sulfide) groups is 1. The van der Waals surface area contributed by atoms with E-state index in [1.165, 1.54) is 18.1 Å². The number of carbonyl (C=O) groups is 1. The number of aliphatic imine (C=N–C) groups is 1. The van der Waals surface area contributed by atoms with Crippen LogP contribution in [0.15, 0.2) is 41.2 Å². The molecule has 7 nitrogen and oxygen atoms in total. The van der Waals surface area contributed by atoms with Gasteiger partial charge in [-0.25, -0.2) is 19.2 Å². The molecule has 0 aromatic carbocycles. The number of aromatic nitrogens is 2. The van der Waals surface area contributed by atoms with Gasteiger partial charge in [0, 0.05) is 35.2 Å². The average Bonchev–Trinajstić information content (AvgIpc) is 2.66. The van der Waals surface area contributed by atoms with Gasteiger partial charge in [-0.3, -0.25) is 10.3 Å². The molecule has 0 radical (unpaired) electrons. The second-order valence-corrected chi connectivity index (χ2v) is 11.1. The van der Waals surface area contributed by atoms with Crippen LogP contribution in [0.5, 0.6) is 0 Å². The van der Waals surface area contributed by atoms with Crippen molar-refractivity contribution in [2.45, 2.75) is 82.8 Å². The fraction of sp³-hybridized carbons (Fsp3) is 0.565. The Morgan fingerprint density at radius 2 is 1.91 bits per heavy atom. The standard InChI is InChI=1S/C23H31FN4O3S/c1-21(2,3)31-20(29)27-19-28-23(6,10-18(32-19)22(4,5)30)15-7-8-17(24)16(9-15)14-11-25-13-26-12-14/h9,11-13,18,30H,7-8,10H2,1-6H3,(H,27,28,29)/t18?,23-/m0/s1. The zero-order chi connectivity index (χ0) is 23.7. The first-order valence-electron chi connectivity index (χ1n) is 10.6. The number of allylic oxidation sites excluding steroid dienone is 3. The molecule has 1 unspecified atom stereocenters. The normalized spacial score (nSPS) is 24.6. The molecule has 2 aliphatic rings. The molecule has 3 rings (SSSR count). The van der Waals surface area contributed by atoms with Gasteiger partial charge in [0.05, 0.1) is 11.1 Å². The van der Waals surface area contributed by atoms with Gasteiger partial charge in [0.25, 0.3) is 0 Å². The summed E-state index contributed by atoms with van der Waals surface area (Å²) in [4.78, 5) is 25.2. The number of hydrogen-bond acceptors (Lipinski definition) is 7. The molecule has 1 aromatic rings. The lowest BCUT2D eigenvalue weighted by Gasteiger charge is -2.42.